The van der Waals surface area contributed by atoms with E-state index in [1.807, 2.05) is 0 Å². The van der Waals surface area contributed by atoms with Gasteiger partial charge in [0.25, 0.3) is 0 Å². The maximum absolute atomic E-state index is 3.74. The lowest BCUT2D eigenvalue weighted by molar-refractivity contribution is 0.238. The number of rotatable bonds is 3. The second-order valence-electron chi connectivity index (χ2n) is 7.15. The zero-order chi connectivity index (χ0) is 14.1. The van der Waals surface area contributed by atoms with Crippen LogP contribution in [0, 0.1) is 23.7 Å². The minimum Gasteiger partial charge on any atom is -0.359 e. The zero-order valence-corrected chi connectivity index (χ0v) is 13.3. The zero-order valence-electron chi connectivity index (χ0n) is 13.3. The number of allylic oxidation sites excluding steroid dienone is 5. The number of nitrogens with one attached hydrogen (secondary N) is 1. The predicted octanol–water partition coefficient (Wildman–Crippen LogP) is 5.18. The number of hydrogen-bond donors (Lipinski definition) is 1. The van der Waals surface area contributed by atoms with Gasteiger partial charge in [0.2, 0.25) is 0 Å². The fourth-order valence-electron chi connectivity index (χ4n) is 3.86. The van der Waals surface area contributed by atoms with Gasteiger partial charge < -0.3 is 5.32 Å². The maximum atomic E-state index is 3.74. The smallest absolute Gasteiger partial charge is 0.0338 e. The maximum Gasteiger partial charge on any atom is 0.0338 e. The van der Waals surface area contributed by atoms with Crippen LogP contribution in [0.4, 0.5) is 0 Å². The van der Waals surface area contributed by atoms with Crippen LogP contribution in [-0.2, 0) is 0 Å². The van der Waals surface area contributed by atoms with Crippen molar-refractivity contribution in [1.82, 2.24) is 5.32 Å². The van der Waals surface area contributed by atoms with Crippen LogP contribution < -0.4 is 5.32 Å². The van der Waals surface area contributed by atoms with Gasteiger partial charge in [-0.1, -0.05) is 38.8 Å². The third kappa shape index (κ3) is 2.87. The summed E-state index contributed by atoms with van der Waals surface area (Å²) in [4.78, 5) is 0. The first-order chi connectivity index (χ1) is 9.69. The number of hydrogen-bond acceptors (Lipinski definition) is 1. The Balaban J connectivity index is 1.79. The molecule has 0 aromatic rings. The van der Waals surface area contributed by atoms with E-state index < -0.39 is 0 Å². The van der Waals surface area contributed by atoms with Gasteiger partial charge in [0, 0.05) is 11.4 Å². The van der Waals surface area contributed by atoms with E-state index in [0.29, 0.717) is 5.92 Å². The van der Waals surface area contributed by atoms with Gasteiger partial charge in [0.15, 0.2) is 0 Å². The number of dihydropyridines is 1. The molecule has 1 aliphatic heterocycles. The molecule has 0 aromatic carbocycles. The molecule has 2 aliphatic carbocycles. The summed E-state index contributed by atoms with van der Waals surface area (Å²) < 4.78 is 0. The molecule has 2 fully saturated rings. The first-order valence-corrected chi connectivity index (χ1v) is 8.54. The Labute approximate surface area is 124 Å². The molecular formula is C19H29N. The van der Waals surface area contributed by atoms with Crippen LogP contribution in [0.5, 0.6) is 0 Å². The highest BCUT2D eigenvalue weighted by atomic mass is 14.9. The molecule has 1 heterocycles. The summed E-state index contributed by atoms with van der Waals surface area (Å²) >= 11 is 0. The summed E-state index contributed by atoms with van der Waals surface area (Å²) in [5.41, 5.74) is 4.44. The van der Waals surface area contributed by atoms with E-state index in [1.165, 1.54) is 44.2 Å². The van der Waals surface area contributed by atoms with Crippen molar-refractivity contribution >= 4 is 0 Å². The molecule has 1 N–H and O–H groups in total. The van der Waals surface area contributed by atoms with Gasteiger partial charge in [-0.25, -0.2) is 0 Å². The van der Waals surface area contributed by atoms with Crippen LogP contribution >= 0.6 is 0 Å². The van der Waals surface area contributed by atoms with Crippen molar-refractivity contribution in [2.75, 3.05) is 0 Å². The first kappa shape index (κ1) is 14.0. The van der Waals surface area contributed by atoms with E-state index in [2.05, 4.69) is 44.3 Å². The molecule has 110 valence electrons. The fraction of sp³-hybridized carbons (Fsp3) is 0.684. The molecular weight excluding hydrogens is 242 g/mol. The average Bonchev–Trinajstić information content (AvgIpc) is 3.31. The topological polar surface area (TPSA) is 12.0 Å². The standard InChI is InChI=1S/C19H29N/c1-4-17-11-12-18(16-9-10-16)19(20-17)14(3)15-7-5-13(2)6-8-15/h4,11-16,20H,5-10H2,1-3H3/b17-4-. The molecule has 0 saturated heterocycles. The molecule has 0 bridgehead atoms. The Morgan fingerprint density at radius 1 is 1.10 bits per heavy atom. The lowest BCUT2D eigenvalue weighted by atomic mass is 9.74. The molecule has 1 nitrogen and oxygen atoms in total. The summed E-state index contributed by atoms with van der Waals surface area (Å²) in [6.07, 6.45) is 15.3. The van der Waals surface area contributed by atoms with E-state index in [1.54, 1.807) is 11.3 Å². The normalized spacial score (nSPS) is 34.2. The van der Waals surface area contributed by atoms with E-state index in [0.717, 1.165) is 17.8 Å². The Kier molecular flexibility index (Phi) is 4.05. The Bertz CT molecular complexity index is 442. The third-order valence-corrected chi connectivity index (χ3v) is 5.58. The minimum absolute atomic E-state index is 0.693. The van der Waals surface area contributed by atoms with Crippen molar-refractivity contribution in [1.29, 1.82) is 0 Å². The van der Waals surface area contributed by atoms with E-state index in [4.69, 9.17) is 0 Å². The molecule has 0 radical (unpaired) electrons. The molecule has 2 saturated carbocycles. The second-order valence-corrected chi connectivity index (χ2v) is 7.15. The van der Waals surface area contributed by atoms with Gasteiger partial charge in [0.05, 0.1) is 0 Å². The minimum atomic E-state index is 0.693. The summed E-state index contributed by atoms with van der Waals surface area (Å²) in [7, 11) is 0. The van der Waals surface area contributed by atoms with Gasteiger partial charge >= 0.3 is 0 Å². The van der Waals surface area contributed by atoms with Crippen molar-refractivity contribution in [2.24, 2.45) is 23.7 Å². The Hall–Kier alpha value is -0.980. The SMILES string of the molecule is C/C=C1/C=CC(C2CC2)=C(C(C)C2CCC(C)CC2)N1. The summed E-state index contributed by atoms with van der Waals surface area (Å²) in [5, 5.41) is 3.74. The van der Waals surface area contributed by atoms with Crippen molar-refractivity contribution in [3.8, 4) is 0 Å². The largest absolute Gasteiger partial charge is 0.359 e. The molecule has 1 unspecified atom stereocenters. The highest BCUT2D eigenvalue weighted by Crippen LogP contribution is 2.44. The van der Waals surface area contributed by atoms with Crippen LogP contribution in [-0.4, -0.2) is 0 Å². The van der Waals surface area contributed by atoms with Crippen molar-refractivity contribution in [2.45, 2.75) is 59.3 Å². The molecule has 0 spiro atoms. The van der Waals surface area contributed by atoms with Crippen molar-refractivity contribution in [3.63, 3.8) is 0 Å². The molecule has 0 aromatic heterocycles. The molecule has 20 heavy (non-hydrogen) atoms. The lowest BCUT2D eigenvalue weighted by Gasteiger charge is -2.34. The van der Waals surface area contributed by atoms with Crippen LogP contribution in [0.15, 0.2) is 35.2 Å². The quantitative estimate of drug-likeness (QED) is 0.746. The second kappa shape index (κ2) is 5.79. The highest BCUT2D eigenvalue weighted by Gasteiger charge is 2.33. The van der Waals surface area contributed by atoms with Gasteiger partial charge in [0.1, 0.15) is 0 Å². The van der Waals surface area contributed by atoms with E-state index >= 15 is 0 Å². The molecule has 0 amide bonds. The average molecular weight is 271 g/mol. The lowest BCUT2D eigenvalue weighted by Crippen LogP contribution is -2.29. The highest BCUT2D eigenvalue weighted by molar-refractivity contribution is 5.42. The van der Waals surface area contributed by atoms with Crippen LogP contribution in [0.3, 0.4) is 0 Å². The van der Waals surface area contributed by atoms with E-state index in [9.17, 15) is 0 Å². The fourth-order valence-corrected chi connectivity index (χ4v) is 3.86. The summed E-state index contributed by atoms with van der Waals surface area (Å²) in [6.45, 7) is 6.99. The van der Waals surface area contributed by atoms with Crippen molar-refractivity contribution < 1.29 is 0 Å². The predicted molar refractivity (Wildman–Crippen MR) is 86.1 cm³/mol. The summed E-state index contributed by atoms with van der Waals surface area (Å²) in [5.74, 6) is 3.36. The van der Waals surface area contributed by atoms with Gasteiger partial charge in [-0.15, -0.1) is 0 Å². The van der Waals surface area contributed by atoms with Gasteiger partial charge in [-0.05, 0) is 67.9 Å². The van der Waals surface area contributed by atoms with Crippen LogP contribution in [0.1, 0.15) is 59.3 Å². The third-order valence-electron chi connectivity index (χ3n) is 5.58. The molecule has 1 heteroatoms. The van der Waals surface area contributed by atoms with Crippen LogP contribution in [0.2, 0.25) is 0 Å². The van der Waals surface area contributed by atoms with Crippen molar-refractivity contribution in [3.05, 3.63) is 35.2 Å². The molecule has 1 atom stereocenters. The molecule has 3 rings (SSSR count). The van der Waals surface area contributed by atoms with E-state index in [-0.39, 0.29) is 0 Å². The Morgan fingerprint density at radius 3 is 2.40 bits per heavy atom. The monoisotopic (exact) mass is 271 g/mol. The van der Waals surface area contributed by atoms with Crippen LogP contribution in [0.25, 0.3) is 0 Å². The Morgan fingerprint density at radius 2 is 1.80 bits per heavy atom. The van der Waals surface area contributed by atoms with Gasteiger partial charge in [-0.3, -0.25) is 0 Å². The summed E-state index contributed by atoms with van der Waals surface area (Å²) in [6, 6.07) is 0. The molecule has 3 aliphatic rings. The van der Waals surface area contributed by atoms with Gasteiger partial charge in [-0.2, -0.15) is 0 Å². The first-order valence-electron chi connectivity index (χ1n) is 8.54.